The number of aliphatic imine (C=N–C) groups is 1. The molecular formula is C20H27N3O2. The summed E-state index contributed by atoms with van der Waals surface area (Å²) in [5, 5.41) is 16.6. The highest BCUT2D eigenvalue weighted by atomic mass is 16.5. The molecule has 0 heterocycles. The zero-order chi connectivity index (χ0) is 18.1. The van der Waals surface area contributed by atoms with E-state index in [2.05, 4.69) is 46.8 Å². The van der Waals surface area contributed by atoms with Crippen molar-refractivity contribution in [1.29, 1.82) is 0 Å². The molecule has 2 aromatic rings. The van der Waals surface area contributed by atoms with E-state index >= 15 is 0 Å². The zero-order valence-electron chi connectivity index (χ0n) is 15.1. The summed E-state index contributed by atoms with van der Waals surface area (Å²) in [4.78, 5) is 4.25. The van der Waals surface area contributed by atoms with Gasteiger partial charge in [-0.15, -0.1) is 0 Å². The Hall–Kier alpha value is -2.69. The largest absolute Gasteiger partial charge is 0.508 e. The summed E-state index contributed by atoms with van der Waals surface area (Å²) in [6.45, 7) is 3.67. The molecule has 0 aromatic heterocycles. The second-order valence-corrected chi connectivity index (χ2v) is 5.94. The second kappa shape index (κ2) is 9.57. The van der Waals surface area contributed by atoms with Crippen LogP contribution in [0.15, 0.2) is 53.5 Å². The van der Waals surface area contributed by atoms with Gasteiger partial charge in [0.2, 0.25) is 0 Å². The van der Waals surface area contributed by atoms with E-state index in [4.69, 9.17) is 4.74 Å². The monoisotopic (exact) mass is 341 g/mol. The Balaban J connectivity index is 1.79. The highest BCUT2D eigenvalue weighted by Crippen LogP contribution is 2.23. The van der Waals surface area contributed by atoms with E-state index in [9.17, 15) is 5.11 Å². The molecule has 0 aliphatic rings. The first-order chi connectivity index (χ1) is 12.1. The number of rotatable bonds is 7. The van der Waals surface area contributed by atoms with Crippen LogP contribution in [0.5, 0.6) is 11.5 Å². The van der Waals surface area contributed by atoms with Crippen molar-refractivity contribution in [3.8, 4) is 11.5 Å². The van der Waals surface area contributed by atoms with Crippen LogP contribution in [0, 0.1) is 0 Å². The van der Waals surface area contributed by atoms with Crippen molar-refractivity contribution in [3.63, 3.8) is 0 Å². The summed E-state index contributed by atoms with van der Waals surface area (Å²) in [5.41, 5.74) is 2.18. The zero-order valence-corrected chi connectivity index (χ0v) is 15.1. The fourth-order valence-corrected chi connectivity index (χ4v) is 2.57. The summed E-state index contributed by atoms with van der Waals surface area (Å²) < 4.78 is 5.10. The van der Waals surface area contributed by atoms with Crippen LogP contribution >= 0.6 is 0 Å². The first-order valence-corrected chi connectivity index (χ1v) is 8.49. The maximum atomic E-state index is 9.99. The van der Waals surface area contributed by atoms with Crippen LogP contribution in [0.4, 0.5) is 0 Å². The van der Waals surface area contributed by atoms with Crippen molar-refractivity contribution in [2.75, 3.05) is 27.2 Å². The molecule has 1 unspecified atom stereocenters. The molecule has 0 bridgehead atoms. The Kier molecular flexibility index (Phi) is 7.14. The molecule has 5 heteroatoms. The van der Waals surface area contributed by atoms with Crippen molar-refractivity contribution >= 4 is 5.96 Å². The highest BCUT2D eigenvalue weighted by molar-refractivity contribution is 5.79. The number of nitrogens with one attached hydrogen (secondary N) is 2. The Morgan fingerprint density at radius 3 is 2.56 bits per heavy atom. The van der Waals surface area contributed by atoms with Gasteiger partial charge in [-0.3, -0.25) is 4.99 Å². The van der Waals surface area contributed by atoms with E-state index in [0.717, 1.165) is 18.1 Å². The summed E-state index contributed by atoms with van der Waals surface area (Å²) in [7, 11) is 3.34. The lowest BCUT2D eigenvalue weighted by Crippen LogP contribution is -2.39. The maximum absolute atomic E-state index is 9.99. The van der Waals surface area contributed by atoms with E-state index in [1.807, 2.05) is 18.2 Å². The SMILES string of the molecule is CN=C(NCCc1ccc(OC)cc1O)NCC(C)c1ccccc1. The van der Waals surface area contributed by atoms with Gasteiger partial charge in [0, 0.05) is 26.2 Å². The van der Waals surface area contributed by atoms with E-state index in [0.29, 0.717) is 24.6 Å². The molecule has 0 spiro atoms. The average Bonchev–Trinajstić information content (AvgIpc) is 2.66. The number of phenolic OH excluding ortho intramolecular Hbond substituents is 1. The fourth-order valence-electron chi connectivity index (χ4n) is 2.57. The van der Waals surface area contributed by atoms with Gasteiger partial charge in [0.05, 0.1) is 7.11 Å². The van der Waals surface area contributed by atoms with Gasteiger partial charge >= 0.3 is 0 Å². The van der Waals surface area contributed by atoms with Crippen molar-refractivity contribution in [3.05, 3.63) is 59.7 Å². The molecule has 0 saturated carbocycles. The highest BCUT2D eigenvalue weighted by Gasteiger charge is 2.07. The van der Waals surface area contributed by atoms with Crippen LogP contribution in [0.1, 0.15) is 24.0 Å². The molecule has 2 rings (SSSR count). The number of hydrogen-bond donors (Lipinski definition) is 3. The van der Waals surface area contributed by atoms with Gasteiger partial charge < -0.3 is 20.5 Å². The minimum atomic E-state index is 0.252. The van der Waals surface area contributed by atoms with E-state index in [1.54, 1.807) is 20.2 Å². The van der Waals surface area contributed by atoms with Crippen LogP contribution in [0.2, 0.25) is 0 Å². The maximum Gasteiger partial charge on any atom is 0.191 e. The lowest BCUT2D eigenvalue weighted by atomic mass is 10.0. The molecule has 0 aliphatic carbocycles. The summed E-state index contributed by atoms with van der Waals surface area (Å²) >= 11 is 0. The number of ether oxygens (including phenoxy) is 1. The molecule has 0 fully saturated rings. The smallest absolute Gasteiger partial charge is 0.191 e. The molecule has 0 saturated heterocycles. The van der Waals surface area contributed by atoms with E-state index < -0.39 is 0 Å². The number of aromatic hydroxyl groups is 1. The van der Waals surface area contributed by atoms with Gasteiger partial charge in [0.25, 0.3) is 0 Å². The Bertz CT molecular complexity index is 687. The van der Waals surface area contributed by atoms with Gasteiger partial charge in [0.15, 0.2) is 5.96 Å². The summed E-state index contributed by atoms with van der Waals surface area (Å²) in [6, 6.07) is 15.8. The third-order valence-electron chi connectivity index (χ3n) is 4.15. The molecule has 0 amide bonds. The van der Waals surface area contributed by atoms with Crippen LogP contribution in [0.25, 0.3) is 0 Å². The molecule has 5 nitrogen and oxygen atoms in total. The summed E-state index contributed by atoms with van der Waals surface area (Å²) in [6.07, 6.45) is 0.699. The lowest BCUT2D eigenvalue weighted by Gasteiger charge is -2.16. The second-order valence-electron chi connectivity index (χ2n) is 5.94. The Morgan fingerprint density at radius 2 is 1.92 bits per heavy atom. The van der Waals surface area contributed by atoms with E-state index in [1.165, 1.54) is 5.56 Å². The minimum Gasteiger partial charge on any atom is -0.508 e. The number of hydrogen-bond acceptors (Lipinski definition) is 3. The molecule has 0 radical (unpaired) electrons. The number of phenols is 1. The topological polar surface area (TPSA) is 65.9 Å². The van der Waals surface area contributed by atoms with Crippen molar-refractivity contribution in [1.82, 2.24) is 10.6 Å². The molecule has 2 aromatic carbocycles. The van der Waals surface area contributed by atoms with Crippen molar-refractivity contribution in [2.45, 2.75) is 19.3 Å². The number of guanidine groups is 1. The standard InChI is InChI=1S/C20H27N3O2/c1-15(16-7-5-4-6-8-16)14-23-20(21-2)22-12-11-17-9-10-18(25-3)13-19(17)24/h4-10,13,15,24H,11-12,14H2,1-3H3,(H2,21,22,23). The third kappa shape index (κ3) is 5.71. The van der Waals surface area contributed by atoms with Gasteiger partial charge in [-0.2, -0.15) is 0 Å². The van der Waals surface area contributed by atoms with Gasteiger partial charge in [-0.05, 0) is 29.5 Å². The van der Waals surface area contributed by atoms with Gasteiger partial charge in [0.1, 0.15) is 11.5 Å². The predicted molar refractivity (Wildman–Crippen MR) is 103 cm³/mol. The average molecular weight is 341 g/mol. The van der Waals surface area contributed by atoms with Gasteiger partial charge in [-0.1, -0.05) is 43.3 Å². The predicted octanol–water partition coefficient (Wildman–Crippen LogP) is 2.91. The quantitative estimate of drug-likeness (QED) is 0.535. The number of methoxy groups -OCH3 is 1. The van der Waals surface area contributed by atoms with Crippen LogP contribution < -0.4 is 15.4 Å². The lowest BCUT2D eigenvalue weighted by molar-refractivity contribution is 0.406. The van der Waals surface area contributed by atoms with Crippen LogP contribution in [-0.4, -0.2) is 38.3 Å². The van der Waals surface area contributed by atoms with Crippen molar-refractivity contribution in [2.24, 2.45) is 4.99 Å². The van der Waals surface area contributed by atoms with Crippen LogP contribution in [-0.2, 0) is 6.42 Å². The molecule has 0 aliphatic heterocycles. The minimum absolute atomic E-state index is 0.252. The third-order valence-corrected chi connectivity index (χ3v) is 4.15. The number of nitrogens with zero attached hydrogens (tertiary/aromatic N) is 1. The normalized spacial score (nSPS) is 12.5. The molecule has 3 N–H and O–H groups in total. The van der Waals surface area contributed by atoms with Crippen LogP contribution in [0.3, 0.4) is 0 Å². The first kappa shape index (κ1) is 18.6. The van der Waals surface area contributed by atoms with E-state index in [-0.39, 0.29) is 5.75 Å². The van der Waals surface area contributed by atoms with Crippen molar-refractivity contribution < 1.29 is 9.84 Å². The number of benzene rings is 2. The first-order valence-electron chi connectivity index (χ1n) is 8.49. The molecule has 25 heavy (non-hydrogen) atoms. The summed E-state index contributed by atoms with van der Waals surface area (Å²) in [5.74, 6) is 2.06. The molecule has 1 atom stereocenters. The Morgan fingerprint density at radius 1 is 1.16 bits per heavy atom. The molecular weight excluding hydrogens is 314 g/mol. The Labute approximate surface area is 149 Å². The molecule has 134 valence electrons. The fraction of sp³-hybridized carbons (Fsp3) is 0.350. The van der Waals surface area contributed by atoms with Gasteiger partial charge in [-0.25, -0.2) is 0 Å².